The number of aromatic nitrogens is 1. The molecule has 0 bridgehead atoms. The van der Waals surface area contributed by atoms with Crippen molar-refractivity contribution in [1.29, 1.82) is 0 Å². The highest BCUT2D eigenvalue weighted by Crippen LogP contribution is 2.26. The monoisotopic (exact) mass is 354 g/mol. The van der Waals surface area contributed by atoms with Crippen LogP contribution in [0.1, 0.15) is 0 Å². The summed E-state index contributed by atoms with van der Waals surface area (Å²) in [6.07, 6.45) is 0. The van der Waals surface area contributed by atoms with Crippen LogP contribution in [0, 0.1) is 11.6 Å². The molecule has 0 spiro atoms. The molecule has 1 amide bonds. The van der Waals surface area contributed by atoms with Crippen molar-refractivity contribution in [2.75, 3.05) is 11.1 Å². The van der Waals surface area contributed by atoms with E-state index in [2.05, 4.69) is 10.3 Å². The molecule has 1 N–H and O–H groups in total. The van der Waals surface area contributed by atoms with Crippen LogP contribution in [0.25, 0.3) is 11.1 Å². The lowest BCUT2D eigenvalue weighted by Crippen LogP contribution is -2.16. The SMILES string of the molecule is O=C(CSc1nc2cc(Cl)ccc2o1)Nc1c(F)cccc1F. The van der Waals surface area contributed by atoms with Gasteiger partial charge in [-0.15, -0.1) is 0 Å². The molecule has 0 aliphatic heterocycles. The molecule has 0 radical (unpaired) electrons. The van der Waals surface area contributed by atoms with Gasteiger partial charge < -0.3 is 9.73 Å². The second-order valence-corrected chi connectivity index (χ2v) is 5.89. The molecule has 2 aromatic carbocycles. The summed E-state index contributed by atoms with van der Waals surface area (Å²) < 4.78 is 32.3. The summed E-state index contributed by atoms with van der Waals surface area (Å²) in [4.78, 5) is 16.0. The van der Waals surface area contributed by atoms with E-state index in [0.29, 0.717) is 16.1 Å². The van der Waals surface area contributed by atoms with E-state index in [9.17, 15) is 13.6 Å². The van der Waals surface area contributed by atoms with Gasteiger partial charge in [-0.25, -0.2) is 13.8 Å². The number of carbonyl (C=O) groups excluding carboxylic acids is 1. The van der Waals surface area contributed by atoms with Crippen LogP contribution in [0.4, 0.5) is 14.5 Å². The van der Waals surface area contributed by atoms with Crippen molar-refractivity contribution < 1.29 is 18.0 Å². The molecular formula is C15H9ClF2N2O2S. The Morgan fingerprint density at radius 1 is 1.26 bits per heavy atom. The first kappa shape index (κ1) is 15.8. The van der Waals surface area contributed by atoms with E-state index in [1.807, 2.05) is 0 Å². The molecule has 0 saturated carbocycles. The topological polar surface area (TPSA) is 55.1 Å². The minimum Gasteiger partial charge on any atom is -0.431 e. The first-order valence-electron chi connectivity index (χ1n) is 6.45. The van der Waals surface area contributed by atoms with Gasteiger partial charge in [0.05, 0.1) is 5.75 Å². The second-order valence-electron chi connectivity index (χ2n) is 4.53. The van der Waals surface area contributed by atoms with Crippen LogP contribution >= 0.6 is 23.4 Å². The number of anilines is 1. The highest BCUT2D eigenvalue weighted by atomic mass is 35.5. The Morgan fingerprint density at radius 3 is 2.74 bits per heavy atom. The maximum atomic E-state index is 13.4. The number of carbonyl (C=O) groups is 1. The number of benzene rings is 2. The zero-order valence-corrected chi connectivity index (χ0v) is 13.0. The number of halogens is 3. The van der Waals surface area contributed by atoms with Gasteiger partial charge in [0.1, 0.15) is 22.8 Å². The smallest absolute Gasteiger partial charge is 0.257 e. The van der Waals surface area contributed by atoms with Gasteiger partial charge in [-0.2, -0.15) is 0 Å². The Kier molecular flexibility index (Phi) is 4.49. The van der Waals surface area contributed by atoms with Crippen molar-refractivity contribution in [1.82, 2.24) is 4.98 Å². The Labute approximate surface area is 138 Å². The van der Waals surface area contributed by atoms with Gasteiger partial charge in [0.25, 0.3) is 5.22 Å². The number of hydrogen-bond donors (Lipinski definition) is 1. The van der Waals surface area contributed by atoms with Crippen LogP contribution in [0.3, 0.4) is 0 Å². The summed E-state index contributed by atoms with van der Waals surface area (Å²) in [5.41, 5.74) is 0.639. The molecule has 0 atom stereocenters. The molecule has 8 heteroatoms. The summed E-state index contributed by atoms with van der Waals surface area (Å²) in [5, 5.41) is 2.98. The zero-order valence-electron chi connectivity index (χ0n) is 11.5. The number of hydrogen-bond acceptors (Lipinski definition) is 4. The van der Waals surface area contributed by atoms with Gasteiger partial charge in [0.15, 0.2) is 5.58 Å². The number of amides is 1. The Hall–Kier alpha value is -2.12. The van der Waals surface area contributed by atoms with Crippen molar-refractivity contribution in [3.8, 4) is 0 Å². The van der Waals surface area contributed by atoms with Crippen LogP contribution in [-0.2, 0) is 4.79 Å². The lowest BCUT2D eigenvalue weighted by Gasteiger charge is -2.06. The molecule has 0 saturated heterocycles. The van der Waals surface area contributed by atoms with E-state index >= 15 is 0 Å². The largest absolute Gasteiger partial charge is 0.431 e. The molecule has 3 aromatic rings. The third kappa shape index (κ3) is 3.62. The molecule has 1 heterocycles. The highest BCUT2D eigenvalue weighted by molar-refractivity contribution is 7.99. The maximum absolute atomic E-state index is 13.4. The van der Waals surface area contributed by atoms with E-state index < -0.39 is 23.2 Å². The number of para-hydroxylation sites is 1. The minimum absolute atomic E-state index is 0.103. The predicted octanol–water partition coefficient (Wildman–Crippen LogP) is 4.49. The quantitative estimate of drug-likeness (QED) is 0.701. The molecule has 3 rings (SSSR count). The third-order valence-electron chi connectivity index (χ3n) is 2.88. The van der Waals surface area contributed by atoms with Crippen molar-refractivity contribution in [2.45, 2.75) is 5.22 Å². The van der Waals surface area contributed by atoms with Gasteiger partial charge in [-0.05, 0) is 30.3 Å². The van der Waals surface area contributed by atoms with E-state index in [0.717, 1.165) is 23.9 Å². The van der Waals surface area contributed by atoms with Crippen LogP contribution in [-0.4, -0.2) is 16.6 Å². The van der Waals surface area contributed by atoms with Crippen molar-refractivity contribution in [2.24, 2.45) is 0 Å². The third-order valence-corrected chi connectivity index (χ3v) is 3.95. The van der Waals surface area contributed by atoms with E-state index in [1.54, 1.807) is 18.2 Å². The summed E-state index contributed by atoms with van der Waals surface area (Å²) in [7, 11) is 0. The molecule has 0 fully saturated rings. The van der Waals surface area contributed by atoms with Crippen LogP contribution < -0.4 is 5.32 Å². The molecule has 4 nitrogen and oxygen atoms in total. The van der Waals surface area contributed by atoms with Crippen molar-refractivity contribution in [3.63, 3.8) is 0 Å². The Bertz CT molecular complexity index is 865. The van der Waals surface area contributed by atoms with Gasteiger partial charge >= 0.3 is 0 Å². The number of thioether (sulfide) groups is 1. The molecule has 0 unspecified atom stereocenters. The normalized spacial score (nSPS) is 10.9. The Balaban J connectivity index is 1.66. The zero-order chi connectivity index (χ0) is 16.4. The molecular weight excluding hydrogens is 346 g/mol. The van der Waals surface area contributed by atoms with Crippen molar-refractivity contribution >= 4 is 46.1 Å². The second kappa shape index (κ2) is 6.55. The van der Waals surface area contributed by atoms with E-state index in [-0.39, 0.29) is 11.0 Å². The first-order valence-corrected chi connectivity index (χ1v) is 7.82. The van der Waals surface area contributed by atoms with E-state index in [4.69, 9.17) is 16.0 Å². The maximum Gasteiger partial charge on any atom is 0.257 e. The van der Waals surface area contributed by atoms with Gasteiger partial charge in [-0.1, -0.05) is 29.4 Å². The fraction of sp³-hybridized carbons (Fsp3) is 0.0667. The van der Waals surface area contributed by atoms with Gasteiger partial charge in [0.2, 0.25) is 5.91 Å². The summed E-state index contributed by atoms with van der Waals surface area (Å²) >= 11 is 6.87. The van der Waals surface area contributed by atoms with Gasteiger partial charge in [0, 0.05) is 5.02 Å². The number of fused-ring (bicyclic) bond motifs is 1. The first-order chi connectivity index (χ1) is 11.0. The highest BCUT2D eigenvalue weighted by Gasteiger charge is 2.14. The van der Waals surface area contributed by atoms with Crippen LogP contribution in [0.2, 0.25) is 5.02 Å². The Morgan fingerprint density at radius 2 is 2.00 bits per heavy atom. The average molecular weight is 355 g/mol. The average Bonchev–Trinajstić information content (AvgIpc) is 2.91. The lowest BCUT2D eigenvalue weighted by atomic mass is 10.3. The molecule has 118 valence electrons. The number of nitrogens with one attached hydrogen (secondary N) is 1. The van der Waals surface area contributed by atoms with Crippen LogP contribution in [0.15, 0.2) is 46.0 Å². The summed E-state index contributed by atoms with van der Waals surface area (Å²) in [6.45, 7) is 0. The number of nitrogens with zero attached hydrogens (tertiary/aromatic N) is 1. The molecule has 23 heavy (non-hydrogen) atoms. The predicted molar refractivity (Wildman–Crippen MR) is 84.7 cm³/mol. The number of rotatable bonds is 4. The lowest BCUT2D eigenvalue weighted by molar-refractivity contribution is -0.113. The summed E-state index contributed by atoms with van der Waals surface area (Å²) in [6, 6.07) is 8.32. The molecule has 0 aliphatic rings. The van der Waals surface area contributed by atoms with Crippen LogP contribution in [0.5, 0.6) is 0 Å². The molecule has 1 aromatic heterocycles. The minimum atomic E-state index is -0.833. The standard InChI is InChI=1S/C15H9ClF2N2O2S/c16-8-4-5-12-11(6-8)19-15(22-12)23-7-13(21)20-14-9(17)2-1-3-10(14)18/h1-6H,7H2,(H,20,21). The van der Waals surface area contributed by atoms with Gasteiger partial charge in [-0.3, -0.25) is 4.79 Å². The fourth-order valence-electron chi connectivity index (χ4n) is 1.86. The van der Waals surface area contributed by atoms with Crippen molar-refractivity contribution in [3.05, 3.63) is 53.1 Å². The fourth-order valence-corrected chi connectivity index (χ4v) is 2.67. The summed E-state index contributed by atoms with van der Waals surface area (Å²) in [5.74, 6) is -2.34. The van der Waals surface area contributed by atoms with E-state index in [1.165, 1.54) is 6.07 Å². The molecule has 0 aliphatic carbocycles. The number of oxazole rings is 1.